The molecule has 2 aliphatic rings. The number of benzene rings is 2. The maximum absolute atomic E-state index is 4.35. The van der Waals surface area contributed by atoms with Crippen LogP contribution in [0.1, 0.15) is 54.4 Å². The van der Waals surface area contributed by atoms with Crippen molar-refractivity contribution in [2.24, 2.45) is 10.8 Å². The second-order valence-corrected chi connectivity index (χ2v) is 42.2. The van der Waals surface area contributed by atoms with Gasteiger partial charge in [0, 0.05) is 0 Å². The standard InChI is InChI=1S/2C9H13.2C6H5.2ClH.Hf.H2Si/c2*1-9(2,3)8-6-4-5-7-8;2*1-2-4-6-5-3-1;;;;/h2*4,6H,5H2,1-3H3;2*1-5H;2*1H;;1H2. The molecule has 4 heteroatoms. The molecule has 2 aliphatic carbocycles. The Morgan fingerprint density at radius 1 is 0.588 bits per heavy atom. The average molecular weight is 678 g/mol. The molecule has 0 N–H and O–H groups in total. The Bertz CT molecular complexity index is 1120. The van der Waals surface area contributed by atoms with Crippen molar-refractivity contribution in [3.63, 3.8) is 0 Å². The first kappa shape index (κ1) is 29.3. The molecule has 0 amide bonds. The van der Waals surface area contributed by atoms with Gasteiger partial charge in [-0.2, -0.15) is 0 Å². The zero-order chi connectivity index (χ0) is 23.2. The van der Waals surface area contributed by atoms with Crippen LogP contribution in [0.4, 0.5) is 0 Å². The molecule has 2 aromatic rings. The van der Waals surface area contributed by atoms with Gasteiger partial charge in [-0.15, -0.1) is 24.8 Å². The van der Waals surface area contributed by atoms with E-state index in [-0.39, 0.29) is 35.6 Å². The molecule has 0 heterocycles. The Morgan fingerprint density at radius 2 is 0.912 bits per heavy atom. The number of rotatable bonds is 4. The molecule has 4 rings (SSSR count). The van der Waals surface area contributed by atoms with Gasteiger partial charge in [-0.25, -0.2) is 0 Å². The van der Waals surface area contributed by atoms with E-state index in [1.165, 1.54) is 0 Å². The van der Waals surface area contributed by atoms with Gasteiger partial charge in [0.15, 0.2) is 0 Å². The Kier molecular flexibility index (Phi) is 8.80. The van der Waals surface area contributed by atoms with Crippen molar-refractivity contribution in [2.45, 2.75) is 54.4 Å². The van der Waals surface area contributed by atoms with E-state index in [1.54, 1.807) is 24.4 Å². The van der Waals surface area contributed by atoms with E-state index in [0.29, 0.717) is 0 Å². The molecule has 34 heavy (non-hydrogen) atoms. The predicted octanol–water partition coefficient (Wildman–Crippen LogP) is 7.24. The van der Waals surface area contributed by atoms with Crippen LogP contribution in [0.15, 0.2) is 103 Å². The van der Waals surface area contributed by atoms with Gasteiger partial charge in [0.25, 0.3) is 0 Å². The normalized spacial score (nSPS) is 16.6. The minimum absolute atomic E-state index is 0. The summed E-state index contributed by atoms with van der Waals surface area (Å²) in [6.07, 6.45) is 11.9. The third kappa shape index (κ3) is 4.49. The molecule has 2 aromatic carbocycles. The number of hydrogen-bond donors (Lipinski definition) is 0. The number of halogens is 2. The maximum atomic E-state index is 2.45. The smallest absolute Gasteiger partial charge is 0.147 e. The van der Waals surface area contributed by atoms with Crippen LogP contribution in [0.5, 0.6) is 0 Å². The fourth-order valence-electron chi connectivity index (χ4n) is 6.12. The summed E-state index contributed by atoms with van der Waals surface area (Å²) in [5, 5.41) is 0. The van der Waals surface area contributed by atoms with Crippen LogP contribution in [-0.2, 0) is 17.1 Å². The van der Waals surface area contributed by atoms with Gasteiger partial charge in [0.05, 0.1) is 0 Å². The summed E-state index contributed by atoms with van der Waals surface area (Å²) in [6, 6.07) is 23.2. The van der Waals surface area contributed by atoms with Crippen molar-refractivity contribution in [2.75, 3.05) is 0 Å². The minimum atomic E-state index is -4.35. The van der Waals surface area contributed by atoms with Crippen molar-refractivity contribution in [3.8, 4) is 0 Å². The molecule has 0 saturated heterocycles. The summed E-state index contributed by atoms with van der Waals surface area (Å²) >= 11 is -4.35. The van der Waals surface area contributed by atoms with E-state index in [4.69, 9.17) is 0 Å². The van der Waals surface area contributed by atoms with Crippen LogP contribution >= 0.6 is 24.8 Å². The summed E-state index contributed by atoms with van der Waals surface area (Å²) in [7, 11) is 0. The first-order valence-electron chi connectivity index (χ1n) is 11.9. The van der Waals surface area contributed by atoms with Gasteiger partial charge in [-0.3, -0.25) is 0 Å². The SMILES string of the molecule is CC(C)(C)C1=[C]([Hf](=[SiH2])([C]2=C(C(C)(C)C)C=CC2)([c]2ccccc2)[c]2ccccc2)CC=C1.Cl.Cl. The zero-order valence-corrected chi connectivity index (χ0v) is 28.2. The van der Waals surface area contributed by atoms with Crippen LogP contribution in [0.3, 0.4) is 0 Å². The monoisotopic (exact) mass is 678 g/mol. The third-order valence-corrected chi connectivity index (χ3v) is 45.8. The molecule has 0 fully saturated rings. The largest absolute Gasteiger partial charge is 0.147 e. The summed E-state index contributed by atoms with van der Waals surface area (Å²) in [6.45, 7) is 16.8. The third-order valence-electron chi connectivity index (χ3n) is 7.63. The fourth-order valence-corrected chi connectivity index (χ4v) is 41.3. The quantitative estimate of drug-likeness (QED) is 0.300. The molecule has 0 bridgehead atoms. The topological polar surface area (TPSA) is 0 Å². The average Bonchev–Trinajstić information content (AvgIpc) is 3.45. The van der Waals surface area contributed by atoms with Crippen LogP contribution in [-0.4, -0.2) is 6.94 Å². The van der Waals surface area contributed by atoms with Crippen LogP contribution in [0.25, 0.3) is 0 Å². The van der Waals surface area contributed by atoms with Crippen LogP contribution in [0, 0.1) is 10.8 Å². The number of allylic oxidation sites excluding steroid dienone is 8. The molecule has 182 valence electrons. The van der Waals surface area contributed by atoms with Gasteiger partial charge in [-0.1, -0.05) is 0 Å². The van der Waals surface area contributed by atoms with E-state index < -0.39 is 17.1 Å². The predicted molar refractivity (Wildman–Crippen MR) is 156 cm³/mol. The van der Waals surface area contributed by atoms with Crippen molar-refractivity contribution in [1.29, 1.82) is 0 Å². The van der Waals surface area contributed by atoms with E-state index in [0.717, 1.165) is 12.8 Å². The van der Waals surface area contributed by atoms with E-state index in [1.807, 2.05) is 0 Å². The molecule has 0 saturated carbocycles. The summed E-state index contributed by atoms with van der Waals surface area (Å²) < 4.78 is 6.70. The Hall–Kier alpha value is -0.933. The fraction of sp³-hybridized carbons (Fsp3) is 0.333. The summed E-state index contributed by atoms with van der Waals surface area (Å²) in [5.74, 6) is 0. The molecule has 0 aromatic heterocycles. The van der Waals surface area contributed by atoms with Gasteiger partial charge in [0.2, 0.25) is 0 Å². The maximum Gasteiger partial charge on any atom is -0.147 e. The van der Waals surface area contributed by atoms with E-state index in [2.05, 4.69) is 133 Å². The zero-order valence-electron chi connectivity index (χ0n) is 21.5. The molecule has 0 unspecified atom stereocenters. The molecular formula is C30H40Cl2HfSi. The van der Waals surface area contributed by atoms with Crippen molar-refractivity contribution < 1.29 is 17.1 Å². The van der Waals surface area contributed by atoms with Gasteiger partial charge in [0.1, 0.15) is 0 Å². The second kappa shape index (κ2) is 10.2. The van der Waals surface area contributed by atoms with Gasteiger partial charge < -0.3 is 0 Å². The molecule has 0 spiro atoms. The summed E-state index contributed by atoms with van der Waals surface area (Å²) in [5.41, 5.74) is 3.39. The second-order valence-electron chi connectivity index (χ2n) is 11.7. The Morgan fingerprint density at radius 3 is 1.21 bits per heavy atom. The first-order valence-corrected chi connectivity index (χ1v) is 27.5. The molecule has 0 radical (unpaired) electrons. The van der Waals surface area contributed by atoms with Gasteiger partial charge in [-0.05, 0) is 0 Å². The number of hydrogen-bond acceptors (Lipinski definition) is 0. The van der Waals surface area contributed by atoms with E-state index in [9.17, 15) is 0 Å². The van der Waals surface area contributed by atoms with Crippen molar-refractivity contribution in [1.82, 2.24) is 0 Å². The van der Waals surface area contributed by atoms with E-state index >= 15 is 0 Å². The molecular weight excluding hydrogens is 638 g/mol. The summed E-state index contributed by atoms with van der Waals surface area (Å²) in [4.78, 5) is 0. The molecule has 0 atom stereocenters. The van der Waals surface area contributed by atoms with Crippen molar-refractivity contribution >= 4 is 38.4 Å². The Labute approximate surface area is 222 Å². The molecule has 0 aliphatic heterocycles. The Balaban J connectivity index is 0.00000204. The van der Waals surface area contributed by atoms with Crippen LogP contribution < -0.4 is 6.64 Å². The minimum Gasteiger partial charge on any atom is -0.147 e. The molecule has 0 nitrogen and oxygen atoms in total. The first-order chi connectivity index (χ1) is 15.0. The van der Waals surface area contributed by atoms with Crippen molar-refractivity contribution in [3.05, 3.63) is 103 Å². The van der Waals surface area contributed by atoms with Gasteiger partial charge >= 0.3 is 199 Å². The van der Waals surface area contributed by atoms with Crippen LogP contribution in [0.2, 0.25) is 0 Å².